The van der Waals surface area contributed by atoms with Crippen LogP contribution in [0.3, 0.4) is 0 Å². The summed E-state index contributed by atoms with van der Waals surface area (Å²) in [6.07, 6.45) is 1.40. The summed E-state index contributed by atoms with van der Waals surface area (Å²) in [4.78, 5) is 10.8. The lowest BCUT2D eigenvalue weighted by Gasteiger charge is -2.22. The lowest BCUT2D eigenvalue weighted by molar-refractivity contribution is -0.113. The molecule has 2 atom stereocenters. The number of sulfonamides is 1. The van der Waals surface area contributed by atoms with Crippen LogP contribution in [-0.4, -0.2) is 29.6 Å². The summed E-state index contributed by atoms with van der Waals surface area (Å²) in [7, 11) is -3.78. The number of hydrogen-bond acceptors (Lipinski definition) is 3. The van der Waals surface area contributed by atoms with Crippen LogP contribution >= 0.6 is 31.9 Å². The molecule has 1 aliphatic rings. The van der Waals surface area contributed by atoms with Gasteiger partial charge in [0.25, 0.3) is 10.0 Å². The molecular formula is C13H11Br2NO3S. The third kappa shape index (κ3) is 3.10. The smallest absolute Gasteiger partial charge is 0.282 e. The molecule has 0 amide bonds. The van der Waals surface area contributed by atoms with Gasteiger partial charge in [-0.05, 0) is 30.7 Å². The Hall–Kier alpha value is -0.790. The van der Waals surface area contributed by atoms with Crippen LogP contribution in [-0.2, 0) is 14.8 Å². The van der Waals surface area contributed by atoms with Crippen molar-refractivity contribution in [3.63, 3.8) is 0 Å². The second-order valence-electron chi connectivity index (χ2n) is 4.30. The summed E-state index contributed by atoms with van der Waals surface area (Å²) in [6, 6.07) is 7.99. The number of carbonyl (C=O) groups is 1. The first-order valence-electron chi connectivity index (χ1n) is 5.73. The van der Waals surface area contributed by atoms with E-state index in [1.807, 2.05) is 0 Å². The van der Waals surface area contributed by atoms with Gasteiger partial charge in [-0.3, -0.25) is 4.79 Å². The van der Waals surface area contributed by atoms with Gasteiger partial charge in [0.1, 0.15) is 0 Å². The Bertz CT molecular complexity index is 696. The van der Waals surface area contributed by atoms with Crippen molar-refractivity contribution in [2.24, 2.45) is 4.40 Å². The molecule has 106 valence electrons. The first-order valence-corrected chi connectivity index (χ1v) is 9.00. The van der Waals surface area contributed by atoms with Crippen LogP contribution in [0.2, 0.25) is 0 Å². The fourth-order valence-electron chi connectivity index (χ4n) is 1.76. The Balaban J connectivity index is 2.50. The van der Waals surface area contributed by atoms with E-state index < -0.39 is 19.7 Å². The number of allylic oxidation sites excluding steroid dienone is 2. The van der Waals surface area contributed by atoms with Crippen LogP contribution in [0.4, 0.5) is 0 Å². The first-order chi connectivity index (χ1) is 9.33. The molecule has 1 aromatic rings. The molecule has 1 aliphatic carbocycles. The SMILES string of the molecule is CC1=CC(=O)[C@H](Br)[C@H](Br)C1=NS(=O)(=O)c1ccccc1. The molecule has 1 aromatic carbocycles. The Morgan fingerprint density at radius 1 is 1.10 bits per heavy atom. The average Bonchev–Trinajstić information content (AvgIpc) is 2.42. The van der Waals surface area contributed by atoms with Gasteiger partial charge >= 0.3 is 0 Å². The standard InChI is InChI=1S/C13H11Br2NO3S/c1-8-7-10(17)11(14)12(15)13(8)16-20(18,19)9-5-3-2-4-6-9/h2-7,11-12H,1H3/t11-,12-/m0/s1. The zero-order valence-electron chi connectivity index (χ0n) is 10.5. The lowest BCUT2D eigenvalue weighted by atomic mass is 9.98. The zero-order valence-corrected chi connectivity index (χ0v) is 14.4. The summed E-state index contributed by atoms with van der Waals surface area (Å²) in [5.74, 6) is -0.111. The molecule has 7 heteroatoms. The molecule has 0 radical (unpaired) electrons. The maximum Gasteiger partial charge on any atom is 0.282 e. The van der Waals surface area contributed by atoms with E-state index in [1.165, 1.54) is 18.2 Å². The van der Waals surface area contributed by atoms with E-state index in [-0.39, 0.29) is 10.7 Å². The first kappa shape index (κ1) is 15.6. The highest BCUT2D eigenvalue weighted by atomic mass is 79.9. The van der Waals surface area contributed by atoms with Gasteiger partial charge < -0.3 is 0 Å². The highest BCUT2D eigenvalue weighted by Gasteiger charge is 2.33. The summed E-state index contributed by atoms with van der Waals surface area (Å²) in [5, 5.41) is 0. The second-order valence-corrected chi connectivity index (χ2v) is 7.88. The van der Waals surface area contributed by atoms with E-state index in [0.29, 0.717) is 11.3 Å². The summed E-state index contributed by atoms with van der Waals surface area (Å²) < 4.78 is 28.4. The third-order valence-corrected chi connectivity index (χ3v) is 6.77. The fraction of sp³-hybridized carbons (Fsp3) is 0.231. The molecule has 0 aliphatic heterocycles. The van der Waals surface area contributed by atoms with Crippen molar-refractivity contribution in [1.29, 1.82) is 0 Å². The van der Waals surface area contributed by atoms with Crippen molar-refractivity contribution in [2.45, 2.75) is 21.5 Å². The number of nitrogens with zero attached hydrogens (tertiary/aromatic N) is 1. The van der Waals surface area contributed by atoms with Gasteiger partial charge in [0.2, 0.25) is 0 Å². The maximum atomic E-state index is 12.2. The Morgan fingerprint density at radius 2 is 1.70 bits per heavy atom. The molecule has 20 heavy (non-hydrogen) atoms. The van der Waals surface area contributed by atoms with Gasteiger partial charge in [-0.15, -0.1) is 0 Å². The van der Waals surface area contributed by atoms with Gasteiger partial charge in [0, 0.05) is 0 Å². The molecule has 0 fully saturated rings. The maximum absolute atomic E-state index is 12.2. The largest absolute Gasteiger partial charge is 0.294 e. The predicted octanol–water partition coefficient (Wildman–Crippen LogP) is 2.87. The molecule has 2 rings (SSSR count). The zero-order chi connectivity index (χ0) is 14.9. The van der Waals surface area contributed by atoms with Crippen molar-refractivity contribution < 1.29 is 13.2 Å². The van der Waals surface area contributed by atoms with E-state index in [4.69, 9.17) is 0 Å². The number of rotatable bonds is 2. The highest BCUT2D eigenvalue weighted by Crippen LogP contribution is 2.27. The second kappa shape index (κ2) is 5.91. The van der Waals surface area contributed by atoms with Crippen molar-refractivity contribution >= 4 is 53.4 Å². The molecule has 0 spiro atoms. The molecule has 0 saturated carbocycles. The van der Waals surface area contributed by atoms with Crippen molar-refractivity contribution in [1.82, 2.24) is 0 Å². The minimum absolute atomic E-state index is 0.111. The molecule has 0 bridgehead atoms. The van der Waals surface area contributed by atoms with Crippen LogP contribution in [0, 0.1) is 0 Å². The Morgan fingerprint density at radius 3 is 2.30 bits per heavy atom. The third-order valence-electron chi connectivity index (χ3n) is 2.81. The Labute approximate surface area is 134 Å². The quantitative estimate of drug-likeness (QED) is 0.691. The lowest BCUT2D eigenvalue weighted by Crippen LogP contribution is -2.35. The van der Waals surface area contributed by atoms with E-state index in [2.05, 4.69) is 36.3 Å². The van der Waals surface area contributed by atoms with Gasteiger partial charge in [-0.1, -0.05) is 50.1 Å². The van der Waals surface area contributed by atoms with Gasteiger partial charge in [-0.25, -0.2) is 0 Å². The molecule has 0 heterocycles. The predicted molar refractivity (Wildman–Crippen MR) is 85.3 cm³/mol. The minimum atomic E-state index is -3.78. The van der Waals surface area contributed by atoms with Gasteiger partial charge in [-0.2, -0.15) is 12.8 Å². The molecule has 0 unspecified atom stereocenters. The number of halogens is 2. The van der Waals surface area contributed by atoms with Crippen LogP contribution in [0.5, 0.6) is 0 Å². The minimum Gasteiger partial charge on any atom is -0.294 e. The fourth-order valence-corrected chi connectivity index (χ4v) is 4.13. The van der Waals surface area contributed by atoms with Crippen LogP contribution in [0.25, 0.3) is 0 Å². The van der Waals surface area contributed by atoms with Crippen LogP contribution in [0.1, 0.15) is 6.92 Å². The molecule has 0 N–H and O–H groups in total. The van der Waals surface area contributed by atoms with Gasteiger partial charge in [0.15, 0.2) is 5.78 Å². The monoisotopic (exact) mass is 419 g/mol. The number of benzene rings is 1. The number of hydrogen-bond donors (Lipinski definition) is 0. The molecular weight excluding hydrogens is 410 g/mol. The number of alkyl halides is 2. The molecule has 0 aromatic heterocycles. The summed E-state index contributed by atoms with van der Waals surface area (Å²) in [6.45, 7) is 1.67. The normalized spacial score (nSPS) is 25.6. The van der Waals surface area contributed by atoms with E-state index in [9.17, 15) is 13.2 Å². The van der Waals surface area contributed by atoms with Gasteiger partial charge in [0.05, 0.1) is 20.3 Å². The summed E-state index contributed by atoms with van der Waals surface area (Å²) in [5.41, 5.74) is 0.891. The topological polar surface area (TPSA) is 63.6 Å². The van der Waals surface area contributed by atoms with E-state index in [0.717, 1.165) is 0 Å². The van der Waals surface area contributed by atoms with Crippen molar-refractivity contribution in [2.75, 3.05) is 0 Å². The molecule has 4 nitrogen and oxygen atoms in total. The van der Waals surface area contributed by atoms with Crippen molar-refractivity contribution in [3.8, 4) is 0 Å². The van der Waals surface area contributed by atoms with Crippen LogP contribution in [0.15, 0.2) is 51.3 Å². The molecule has 0 saturated heterocycles. The average molecular weight is 421 g/mol. The number of carbonyl (C=O) groups excluding carboxylic acids is 1. The highest BCUT2D eigenvalue weighted by molar-refractivity contribution is 9.12. The van der Waals surface area contributed by atoms with Crippen LogP contribution < -0.4 is 0 Å². The van der Waals surface area contributed by atoms with E-state index in [1.54, 1.807) is 25.1 Å². The Kier molecular flexibility index (Phi) is 4.61. The number of ketones is 1. The van der Waals surface area contributed by atoms with Crippen molar-refractivity contribution in [3.05, 3.63) is 42.0 Å². The van der Waals surface area contributed by atoms with E-state index >= 15 is 0 Å². The summed E-state index contributed by atoms with van der Waals surface area (Å²) >= 11 is 6.56.